The number of aliphatic hydroxyl groups is 7. The molecule has 18 atom stereocenters. The molecule has 5 aliphatic rings. The Morgan fingerprint density at radius 1 is 0.863 bits per heavy atom. The summed E-state index contributed by atoms with van der Waals surface area (Å²) >= 11 is 0. The first kappa shape index (κ1) is 44.2. The molecule has 7 N–H and O–H groups in total. The Morgan fingerprint density at radius 2 is 1.51 bits per heavy atom. The van der Waals surface area contributed by atoms with Crippen LogP contribution in [0.1, 0.15) is 86.0 Å². The van der Waals surface area contributed by atoms with E-state index in [9.17, 15) is 48.7 Å². The molecule has 0 spiro atoms. The molecule has 1 heterocycles. The van der Waals surface area contributed by atoms with E-state index >= 15 is 0 Å². The maximum Gasteiger partial charge on any atom is 1.00 e. The molecule has 0 bridgehead atoms. The molecule has 0 aromatic carbocycles. The van der Waals surface area contributed by atoms with E-state index in [0.29, 0.717) is 44.6 Å². The zero-order valence-electron chi connectivity index (χ0n) is 31.2. The Morgan fingerprint density at radius 3 is 2.12 bits per heavy atom. The fourth-order valence-electron chi connectivity index (χ4n) is 11.8. The van der Waals surface area contributed by atoms with Crippen molar-refractivity contribution in [3.63, 3.8) is 0 Å². The molecule has 14 nitrogen and oxygen atoms in total. The molecular formula is C35H61NaO14S. The summed E-state index contributed by atoms with van der Waals surface area (Å²) in [7, 11) is -3.81. The van der Waals surface area contributed by atoms with Crippen molar-refractivity contribution in [2.45, 2.75) is 147 Å². The zero-order valence-corrected chi connectivity index (χ0v) is 34.0. The summed E-state index contributed by atoms with van der Waals surface area (Å²) in [4.78, 5) is 0. The average molecular weight is 761 g/mol. The molecule has 0 radical (unpaired) electrons. The second-order valence-electron chi connectivity index (χ2n) is 17.1. The third-order valence-corrected chi connectivity index (χ3v) is 14.7. The number of ether oxygens (including phenoxy) is 3. The van der Waals surface area contributed by atoms with Crippen LogP contribution in [-0.4, -0.2) is 130 Å². The number of fused-ring (bicyclic) bond motifs is 5. The summed E-state index contributed by atoms with van der Waals surface area (Å²) in [6.45, 7) is 10.5. The van der Waals surface area contributed by atoms with Crippen LogP contribution in [-0.2, 0) is 28.8 Å². The summed E-state index contributed by atoms with van der Waals surface area (Å²) in [6.07, 6.45) is -6.91. The van der Waals surface area contributed by atoms with Gasteiger partial charge in [-0.05, 0) is 78.9 Å². The van der Waals surface area contributed by atoms with Crippen molar-refractivity contribution < 1.29 is 96.7 Å². The van der Waals surface area contributed by atoms with Crippen molar-refractivity contribution in [1.29, 1.82) is 0 Å². The largest absolute Gasteiger partial charge is 1.00 e. The monoisotopic (exact) mass is 760 g/mol. The second-order valence-corrected chi connectivity index (χ2v) is 18.1. The SMILES string of the molecule is COC1COC(OCC[C@@H](CC[C@@H](C)C2[C@@H](O)[C@@H](O)C3[C@]2(C)CCC2[C@@]4(C)CC[C@H](O)[C@H](O)C4[C@@H](OS(=O)(=O)[O-])C[C@]23O)C(C)C)C(O)C1O.[Na+]. The number of hydrogen-bond donors (Lipinski definition) is 7. The van der Waals surface area contributed by atoms with Gasteiger partial charge >= 0.3 is 29.6 Å². The van der Waals surface area contributed by atoms with Gasteiger partial charge in [0.15, 0.2) is 6.29 Å². The normalized spacial score (nSPS) is 48.3. The first-order valence-electron chi connectivity index (χ1n) is 18.4. The molecule has 292 valence electrons. The topological polar surface area (TPSA) is 236 Å². The zero-order chi connectivity index (χ0) is 37.1. The number of rotatable bonds is 12. The van der Waals surface area contributed by atoms with Crippen molar-refractivity contribution in [2.75, 3.05) is 20.3 Å². The van der Waals surface area contributed by atoms with Gasteiger partial charge in [0.25, 0.3) is 0 Å². The van der Waals surface area contributed by atoms with E-state index in [4.69, 9.17) is 18.4 Å². The van der Waals surface area contributed by atoms with E-state index in [-0.39, 0.29) is 60.8 Å². The summed E-state index contributed by atoms with van der Waals surface area (Å²) in [5.41, 5.74) is -3.37. The second kappa shape index (κ2) is 16.5. The predicted molar refractivity (Wildman–Crippen MR) is 177 cm³/mol. The molecule has 51 heavy (non-hydrogen) atoms. The predicted octanol–water partition coefficient (Wildman–Crippen LogP) is -2.32. The van der Waals surface area contributed by atoms with Gasteiger partial charge in [-0.3, -0.25) is 4.18 Å². The van der Waals surface area contributed by atoms with Gasteiger partial charge in [-0.1, -0.05) is 41.0 Å². The minimum Gasteiger partial charge on any atom is -0.726 e. The van der Waals surface area contributed by atoms with Gasteiger partial charge in [0.2, 0.25) is 10.4 Å². The molecule has 16 heteroatoms. The Kier molecular flexibility index (Phi) is 14.3. The molecule has 1 aliphatic heterocycles. The van der Waals surface area contributed by atoms with Crippen molar-refractivity contribution in [2.24, 2.45) is 52.3 Å². The standard InChI is InChI=1S/C35H62O14S.Na/c1-17(2)19(11-14-47-32-30(41)27(38)22(46-6)16-48-32)8-7-18(3)24-28(39)29(40)31-34(24,5)13-10-23-33(4)12-9-20(36)26(37)25(33)21(15-35(23,31)42)49-50(43,44)45;/h17-32,36-42H,7-16H2,1-6H3,(H,43,44,45);/q;+1/p-1/t18-,19-,20+,21+,22?,23?,24?,25?,26+,27?,28-,29-,30?,31?,32?,33-,34-,35+;/m1./s1. The van der Waals surface area contributed by atoms with Crippen LogP contribution in [0.15, 0.2) is 0 Å². The van der Waals surface area contributed by atoms with Crippen LogP contribution in [0.2, 0.25) is 0 Å². The van der Waals surface area contributed by atoms with Gasteiger partial charge in [0.05, 0.1) is 49.3 Å². The van der Waals surface area contributed by atoms with Crippen molar-refractivity contribution in [1.82, 2.24) is 0 Å². The molecule has 0 amide bonds. The van der Waals surface area contributed by atoms with E-state index < -0.39 is 106 Å². The first-order valence-corrected chi connectivity index (χ1v) is 19.8. The molecule has 1 saturated heterocycles. The van der Waals surface area contributed by atoms with Crippen LogP contribution in [0, 0.1) is 52.3 Å². The third kappa shape index (κ3) is 8.17. The Bertz CT molecular complexity index is 1280. The van der Waals surface area contributed by atoms with Crippen LogP contribution in [0.3, 0.4) is 0 Å². The molecule has 8 unspecified atom stereocenters. The average Bonchev–Trinajstić information content (AvgIpc) is 3.22. The Balaban J connectivity index is 0.00000583. The van der Waals surface area contributed by atoms with Gasteiger partial charge in [-0.2, -0.15) is 0 Å². The maximum atomic E-state index is 12.7. The van der Waals surface area contributed by atoms with Gasteiger partial charge in [-0.15, -0.1) is 0 Å². The first-order chi connectivity index (χ1) is 23.2. The van der Waals surface area contributed by atoms with Crippen molar-refractivity contribution in [3.05, 3.63) is 0 Å². The summed E-state index contributed by atoms with van der Waals surface area (Å²) in [6, 6.07) is 0. The molecule has 0 aromatic rings. The maximum absolute atomic E-state index is 12.7. The Hall–Kier alpha value is 0.470. The minimum atomic E-state index is -5.25. The van der Waals surface area contributed by atoms with Gasteiger partial charge in [-0.25, -0.2) is 8.42 Å². The number of aliphatic hydroxyl groups excluding tert-OH is 6. The minimum absolute atomic E-state index is 0. The molecule has 4 aliphatic carbocycles. The van der Waals surface area contributed by atoms with E-state index in [0.717, 1.165) is 6.42 Å². The van der Waals surface area contributed by atoms with Crippen molar-refractivity contribution in [3.8, 4) is 0 Å². The van der Waals surface area contributed by atoms with Crippen LogP contribution in [0.25, 0.3) is 0 Å². The molecule has 5 rings (SSSR count). The van der Waals surface area contributed by atoms with Gasteiger partial charge < -0.3 is 54.5 Å². The van der Waals surface area contributed by atoms with Crippen LogP contribution < -0.4 is 29.6 Å². The van der Waals surface area contributed by atoms with E-state index in [2.05, 4.69) is 13.8 Å². The fourth-order valence-corrected chi connectivity index (χ4v) is 12.3. The third-order valence-electron chi connectivity index (χ3n) is 14.2. The van der Waals surface area contributed by atoms with E-state index in [1.807, 2.05) is 20.8 Å². The van der Waals surface area contributed by atoms with Crippen molar-refractivity contribution >= 4 is 10.4 Å². The number of methoxy groups -OCH3 is 1. The summed E-state index contributed by atoms with van der Waals surface area (Å²) in [5, 5.41) is 78.5. The smallest absolute Gasteiger partial charge is 0.726 e. The Labute approximate surface area is 324 Å². The molecular weight excluding hydrogens is 699 g/mol. The van der Waals surface area contributed by atoms with E-state index in [1.54, 1.807) is 0 Å². The quantitative estimate of drug-likeness (QED) is 0.0629. The van der Waals surface area contributed by atoms with Crippen LogP contribution in [0.5, 0.6) is 0 Å². The number of hydrogen-bond acceptors (Lipinski definition) is 14. The molecule has 0 aromatic heterocycles. The van der Waals surface area contributed by atoms with Crippen LogP contribution >= 0.6 is 0 Å². The molecule has 4 saturated carbocycles. The summed E-state index contributed by atoms with van der Waals surface area (Å²) in [5.74, 6) is -2.26. The molecule has 5 fully saturated rings. The summed E-state index contributed by atoms with van der Waals surface area (Å²) < 4.78 is 57.3. The van der Waals surface area contributed by atoms with Gasteiger partial charge in [0.1, 0.15) is 18.3 Å². The van der Waals surface area contributed by atoms with E-state index in [1.165, 1.54) is 7.11 Å². The van der Waals surface area contributed by atoms with Crippen LogP contribution in [0.4, 0.5) is 0 Å². The fraction of sp³-hybridized carbons (Fsp3) is 1.00. The van der Waals surface area contributed by atoms with Gasteiger partial charge in [0, 0.05) is 25.4 Å².